The Morgan fingerprint density at radius 3 is 2.73 bits per heavy atom. The van der Waals surface area contributed by atoms with Crippen molar-refractivity contribution in [2.24, 2.45) is 28.2 Å². The van der Waals surface area contributed by atoms with Crippen molar-refractivity contribution in [2.75, 3.05) is 25.0 Å². The zero-order valence-electron chi connectivity index (χ0n) is 23.7. The van der Waals surface area contributed by atoms with Crippen LogP contribution in [0, 0.1) is 23.2 Å². The van der Waals surface area contributed by atoms with Gasteiger partial charge in [0.2, 0.25) is 5.91 Å². The smallest absolute Gasteiger partial charge is 0.261 e. The summed E-state index contributed by atoms with van der Waals surface area (Å²) in [4.78, 5) is 37.4. The van der Waals surface area contributed by atoms with Gasteiger partial charge in [-0.05, 0) is 78.3 Å². The molecule has 1 saturated heterocycles. The van der Waals surface area contributed by atoms with E-state index in [1.165, 1.54) is 6.42 Å². The van der Waals surface area contributed by atoms with Crippen LogP contribution in [-0.2, 0) is 17.8 Å². The van der Waals surface area contributed by atoms with Crippen molar-refractivity contribution in [3.63, 3.8) is 0 Å². The predicted octanol–water partition coefficient (Wildman–Crippen LogP) is 5.22. The van der Waals surface area contributed by atoms with E-state index in [4.69, 9.17) is 28.2 Å². The van der Waals surface area contributed by atoms with Crippen LogP contribution in [-0.4, -0.2) is 52.0 Å². The number of aromatic nitrogens is 2. The van der Waals surface area contributed by atoms with Crippen LogP contribution in [0.3, 0.4) is 0 Å². The van der Waals surface area contributed by atoms with E-state index in [1.807, 2.05) is 23.1 Å². The Balaban J connectivity index is 1.24. The molecule has 1 aromatic heterocycles. The van der Waals surface area contributed by atoms with Crippen LogP contribution in [0.4, 0.5) is 5.69 Å². The van der Waals surface area contributed by atoms with Crippen molar-refractivity contribution in [1.82, 2.24) is 19.8 Å². The Bertz CT molecular complexity index is 1580. The second-order valence-electron chi connectivity index (χ2n) is 12.3. The molecule has 2 aromatic carbocycles. The summed E-state index contributed by atoms with van der Waals surface area (Å²) in [6, 6.07) is 11.2. The van der Waals surface area contributed by atoms with E-state index in [0.717, 1.165) is 17.7 Å². The standard InChI is InChI=1S/C31H36Cl2N6O2/c1-18-24-12-20(31(24,2)3)13-26(18)37-30(38-11-9-34-28(40)16-38)36-22-6-7-23-27(15-22)35-17-39(29(23)41)10-8-19-4-5-21(32)14-25(19)33/h4-7,14-15,17-18,20,24,26H,8-13,16H2,1-3H3,(H,34,40)(H,36,37)/t18?,20?,24?,26-/m0/s1. The van der Waals surface area contributed by atoms with E-state index in [0.29, 0.717) is 76.1 Å². The molecule has 10 heteroatoms. The highest BCUT2D eigenvalue weighted by Crippen LogP contribution is 2.61. The van der Waals surface area contributed by atoms with Gasteiger partial charge in [-0.2, -0.15) is 0 Å². The van der Waals surface area contributed by atoms with Gasteiger partial charge < -0.3 is 15.5 Å². The van der Waals surface area contributed by atoms with Gasteiger partial charge in [-0.3, -0.25) is 14.2 Å². The van der Waals surface area contributed by atoms with Crippen LogP contribution in [0.25, 0.3) is 10.9 Å². The van der Waals surface area contributed by atoms with Crippen molar-refractivity contribution < 1.29 is 4.79 Å². The molecule has 0 radical (unpaired) electrons. The van der Waals surface area contributed by atoms with Crippen LogP contribution in [0.5, 0.6) is 0 Å². The maximum Gasteiger partial charge on any atom is 0.261 e. The molecule has 2 bridgehead atoms. The van der Waals surface area contributed by atoms with Gasteiger partial charge in [-0.1, -0.05) is 50.0 Å². The molecule has 3 unspecified atom stereocenters. The van der Waals surface area contributed by atoms with E-state index in [-0.39, 0.29) is 24.1 Å². The maximum absolute atomic E-state index is 13.3. The molecule has 4 atom stereocenters. The fourth-order valence-electron chi connectivity index (χ4n) is 6.95. The van der Waals surface area contributed by atoms with Gasteiger partial charge in [0.15, 0.2) is 5.96 Å². The number of aliphatic imine (C=N–C) groups is 1. The molecule has 216 valence electrons. The fourth-order valence-corrected chi connectivity index (χ4v) is 7.46. The number of hydrogen-bond donors (Lipinski definition) is 2. The average Bonchev–Trinajstić information content (AvgIpc) is 2.94. The number of nitrogens with one attached hydrogen (secondary N) is 2. The summed E-state index contributed by atoms with van der Waals surface area (Å²) in [6.45, 7) is 9.08. The topological polar surface area (TPSA) is 91.6 Å². The van der Waals surface area contributed by atoms with Crippen LogP contribution in [0.1, 0.15) is 39.2 Å². The lowest BCUT2D eigenvalue weighted by Crippen LogP contribution is -2.57. The summed E-state index contributed by atoms with van der Waals surface area (Å²) < 4.78 is 1.61. The largest absolute Gasteiger partial charge is 0.353 e. The second kappa shape index (κ2) is 11.0. The summed E-state index contributed by atoms with van der Waals surface area (Å²) in [7, 11) is 0. The van der Waals surface area contributed by atoms with Gasteiger partial charge in [-0.25, -0.2) is 9.98 Å². The van der Waals surface area contributed by atoms with Crippen LogP contribution >= 0.6 is 23.2 Å². The number of aryl methyl sites for hydroxylation is 2. The first-order chi connectivity index (χ1) is 19.6. The highest BCUT2D eigenvalue weighted by atomic mass is 35.5. The van der Waals surface area contributed by atoms with Crippen LogP contribution in [0.2, 0.25) is 10.0 Å². The summed E-state index contributed by atoms with van der Waals surface area (Å²) >= 11 is 12.3. The van der Waals surface area contributed by atoms with Gasteiger partial charge in [-0.15, -0.1) is 0 Å². The predicted molar refractivity (Wildman–Crippen MR) is 165 cm³/mol. The summed E-state index contributed by atoms with van der Waals surface area (Å²) in [5.41, 5.74) is 2.58. The number of nitrogens with zero attached hydrogens (tertiary/aromatic N) is 4. The Kier molecular flexibility index (Phi) is 7.49. The normalized spacial score (nSPS) is 25.5. The maximum atomic E-state index is 13.3. The molecule has 3 saturated carbocycles. The molecule has 2 N–H and O–H groups in total. The minimum Gasteiger partial charge on any atom is -0.353 e. The number of guanidine groups is 1. The third kappa shape index (κ3) is 5.44. The first-order valence-electron chi connectivity index (χ1n) is 14.4. The first kappa shape index (κ1) is 28.0. The Labute approximate surface area is 250 Å². The lowest BCUT2D eigenvalue weighted by atomic mass is 9.45. The third-order valence-corrected chi connectivity index (χ3v) is 10.2. The van der Waals surface area contributed by atoms with Gasteiger partial charge in [0.1, 0.15) is 0 Å². The van der Waals surface area contributed by atoms with E-state index in [9.17, 15) is 9.59 Å². The fraction of sp³-hybridized carbons (Fsp3) is 0.484. The molecule has 1 amide bonds. The third-order valence-electron chi connectivity index (χ3n) is 9.66. The highest BCUT2D eigenvalue weighted by molar-refractivity contribution is 6.35. The zero-order chi connectivity index (χ0) is 28.9. The Hall–Kier alpha value is -3.10. The first-order valence-corrected chi connectivity index (χ1v) is 15.2. The van der Waals surface area contributed by atoms with Gasteiger partial charge in [0, 0.05) is 35.4 Å². The van der Waals surface area contributed by atoms with Crippen molar-refractivity contribution >= 4 is 51.7 Å². The minimum absolute atomic E-state index is 0.00737. The minimum atomic E-state index is -0.105. The van der Waals surface area contributed by atoms with E-state index < -0.39 is 0 Å². The zero-order valence-corrected chi connectivity index (χ0v) is 25.2. The second-order valence-corrected chi connectivity index (χ2v) is 13.2. The number of halogens is 2. The average molecular weight is 596 g/mol. The molecular weight excluding hydrogens is 559 g/mol. The number of piperazine rings is 1. The number of hydrogen-bond acceptors (Lipinski definition) is 4. The van der Waals surface area contributed by atoms with Crippen molar-refractivity contribution in [3.05, 3.63) is 68.7 Å². The molecular formula is C31H36Cl2N6O2. The molecule has 8 nitrogen and oxygen atoms in total. The molecule has 7 rings (SSSR count). The van der Waals surface area contributed by atoms with E-state index in [1.54, 1.807) is 29.1 Å². The number of rotatable bonds is 5. The van der Waals surface area contributed by atoms with Gasteiger partial charge in [0.25, 0.3) is 5.56 Å². The summed E-state index contributed by atoms with van der Waals surface area (Å²) in [6.07, 6.45) is 4.52. The van der Waals surface area contributed by atoms with Crippen molar-refractivity contribution in [3.8, 4) is 0 Å². The molecule has 2 heterocycles. The lowest BCUT2D eigenvalue weighted by molar-refractivity contribution is -0.122. The molecule has 41 heavy (non-hydrogen) atoms. The monoisotopic (exact) mass is 594 g/mol. The van der Waals surface area contributed by atoms with Gasteiger partial charge >= 0.3 is 0 Å². The van der Waals surface area contributed by atoms with Crippen LogP contribution < -0.4 is 16.2 Å². The molecule has 0 spiro atoms. The SMILES string of the molecule is CC1C2CC(C[C@@H]1N=C(Nc1ccc3c(=O)n(CCc4ccc(Cl)cc4Cl)cnc3c1)N1CCNC(=O)C1)C2(C)C. The van der Waals surface area contributed by atoms with Gasteiger partial charge in [0.05, 0.1) is 29.8 Å². The van der Waals surface area contributed by atoms with Crippen LogP contribution in [0.15, 0.2) is 52.5 Å². The number of anilines is 1. The Morgan fingerprint density at radius 2 is 2.00 bits per heavy atom. The van der Waals surface area contributed by atoms with E-state index in [2.05, 4.69) is 36.4 Å². The molecule has 4 aliphatic rings. The van der Waals surface area contributed by atoms with Crippen molar-refractivity contribution in [2.45, 2.75) is 52.6 Å². The molecule has 1 aliphatic heterocycles. The van der Waals surface area contributed by atoms with Crippen molar-refractivity contribution in [1.29, 1.82) is 0 Å². The number of amides is 1. The number of carbonyl (C=O) groups excluding carboxylic acids is 1. The Morgan fingerprint density at radius 1 is 1.17 bits per heavy atom. The molecule has 4 fully saturated rings. The summed E-state index contributed by atoms with van der Waals surface area (Å²) in [5, 5.41) is 8.11. The number of carbonyl (C=O) groups is 1. The quantitative estimate of drug-likeness (QED) is 0.312. The molecule has 3 aliphatic carbocycles. The lowest BCUT2D eigenvalue weighted by Gasteiger charge is -2.61. The molecule has 3 aromatic rings. The number of benzene rings is 2. The highest BCUT2D eigenvalue weighted by Gasteiger charge is 2.56. The number of fused-ring (bicyclic) bond motifs is 3. The van der Waals surface area contributed by atoms with E-state index >= 15 is 0 Å². The summed E-state index contributed by atoms with van der Waals surface area (Å²) in [5.74, 6) is 2.54.